The highest BCUT2D eigenvalue weighted by atomic mass is 35.5. The summed E-state index contributed by atoms with van der Waals surface area (Å²) in [6, 6.07) is 1.41. The number of rotatable bonds is 1. The van der Waals surface area contributed by atoms with E-state index in [0.717, 1.165) is 13.2 Å². The molecule has 0 aliphatic heterocycles. The fraction of sp³-hybridized carbons (Fsp3) is 0.222. The fourth-order valence-corrected chi connectivity index (χ4v) is 1.30. The van der Waals surface area contributed by atoms with Crippen molar-refractivity contribution in [2.24, 2.45) is 0 Å². The van der Waals surface area contributed by atoms with Crippen molar-refractivity contribution in [3.8, 4) is 5.75 Å². The lowest BCUT2D eigenvalue weighted by Gasteiger charge is -2.11. The third-order valence-electron chi connectivity index (χ3n) is 1.83. The van der Waals surface area contributed by atoms with E-state index < -0.39 is 28.5 Å². The van der Waals surface area contributed by atoms with Crippen LogP contribution in [0.1, 0.15) is 15.9 Å². The maximum Gasteiger partial charge on any atom is 0.420 e. The maximum absolute atomic E-state index is 12.3. The number of hydrogen-bond donors (Lipinski definition) is 1. The van der Waals surface area contributed by atoms with Crippen molar-refractivity contribution in [2.75, 3.05) is 7.11 Å². The van der Waals surface area contributed by atoms with Gasteiger partial charge in [0.1, 0.15) is 5.75 Å². The zero-order chi connectivity index (χ0) is 12.5. The van der Waals surface area contributed by atoms with E-state index in [9.17, 15) is 23.1 Å². The summed E-state index contributed by atoms with van der Waals surface area (Å²) in [6.45, 7) is 0. The zero-order valence-electron chi connectivity index (χ0n) is 7.93. The Bertz CT molecular complexity index is 429. The van der Waals surface area contributed by atoms with Gasteiger partial charge in [-0.2, -0.15) is 13.2 Å². The number of hydrogen-bond acceptors (Lipinski definition) is 3. The maximum atomic E-state index is 12.3. The quantitative estimate of drug-likeness (QED) is 0.784. The molecule has 0 radical (unpaired) electrons. The largest absolute Gasteiger partial charge is 0.506 e. The number of ether oxygens (including phenoxy) is 1. The van der Waals surface area contributed by atoms with Gasteiger partial charge in [0.25, 0.3) is 0 Å². The molecule has 0 bridgehead atoms. The molecule has 0 amide bonds. The van der Waals surface area contributed by atoms with Crippen LogP contribution in [0.4, 0.5) is 13.2 Å². The second-order valence-electron chi connectivity index (χ2n) is 2.81. The van der Waals surface area contributed by atoms with E-state index in [1.807, 2.05) is 0 Å². The minimum absolute atomic E-state index is 0.324. The number of aromatic hydroxyl groups is 1. The Kier molecular flexibility index (Phi) is 3.32. The van der Waals surface area contributed by atoms with E-state index in [-0.39, 0.29) is 5.56 Å². The van der Waals surface area contributed by atoms with E-state index in [4.69, 9.17) is 11.6 Å². The molecule has 16 heavy (non-hydrogen) atoms. The van der Waals surface area contributed by atoms with Crippen LogP contribution >= 0.6 is 11.6 Å². The first kappa shape index (κ1) is 12.6. The van der Waals surface area contributed by atoms with Crippen molar-refractivity contribution in [2.45, 2.75) is 6.18 Å². The summed E-state index contributed by atoms with van der Waals surface area (Å²) in [4.78, 5) is 11.0. The van der Waals surface area contributed by atoms with E-state index in [2.05, 4.69) is 4.74 Å². The topological polar surface area (TPSA) is 46.5 Å². The fourth-order valence-electron chi connectivity index (χ4n) is 1.06. The van der Waals surface area contributed by atoms with Crippen molar-refractivity contribution in [1.82, 2.24) is 0 Å². The monoisotopic (exact) mass is 254 g/mol. The van der Waals surface area contributed by atoms with E-state index >= 15 is 0 Å². The number of phenols is 1. The predicted octanol–water partition coefficient (Wildman–Crippen LogP) is 2.85. The third-order valence-corrected chi connectivity index (χ3v) is 2.21. The van der Waals surface area contributed by atoms with Gasteiger partial charge in [0.15, 0.2) is 0 Å². The lowest BCUT2D eigenvalue weighted by Crippen LogP contribution is -2.08. The molecule has 1 aromatic carbocycles. The smallest absolute Gasteiger partial charge is 0.420 e. The molecule has 3 nitrogen and oxygen atoms in total. The molecule has 0 spiro atoms. The molecule has 0 saturated carbocycles. The number of carbonyl (C=O) groups excluding carboxylic acids is 1. The van der Waals surface area contributed by atoms with Crippen molar-refractivity contribution >= 4 is 17.6 Å². The van der Waals surface area contributed by atoms with Gasteiger partial charge in [-0.05, 0) is 12.1 Å². The second kappa shape index (κ2) is 4.21. The molecule has 0 unspecified atom stereocenters. The summed E-state index contributed by atoms with van der Waals surface area (Å²) < 4.78 is 41.2. The molecule has 0 aliphatic carbocycles. The van der Waals surface area contributed by atoms with E-state index in [1.54, 1.807) is 0 Å². The third kappa shape index (κ3) is 2.21. The first-order chi connectivity index (χ1) is 7.29. The van der Waals surface area contributed by atoms with Gasteiger partial charge in [0.2, 0.25) is 0 Å². The van der Waals surface area contributed by atoms with Crippen LogP contribution in [0.5, 0.6) is 5.75 Å². The Morgan fingerprint density at radius 2 is 2.00 bits per heavy atom. The van der Waals surface area contributed by atoms with Crippen LogP contribution in [0.25, 0.3) is 0 Å². The Hall–Kier alpha value is -1.43. The molecule has 1 N–H and O–H groups in total. The Morgan fingerprint density at radius 1 is 1.44 bits per heavy atom. The molecule has 1 aromatic rings. The van der Waals surface area contributed by atoms with E-state index in [1.165, 1.54) is 0 Å². The number of halogens is 4. The number of carbonyl (C=O) groups is 1. The molecular weight excluding hydrogens is 249 g/mol. The summed E-state index contributed by atoms with van der Waals surface area (Å²) >= 11 is 5.43. The molecule has 88 valence electrons. The van der Waals surface area contributed by atoms with Gasteiger partial charge in [0, 0.05) is 0 Å². The zero-order valence-corrected chi connectivity index (χ0v) is 8.69. The van der Waals surface area contributed by atoms with Crippen LogP contribution in [0.2, 0.25) is 5.02 Å². The number of esters is 1. The van der Waals surface area contributed by atoms with Gasteiger partial charge in [-0.3, -0.25) is 0 Å². The van der Waals surface area contributed by atoms with Crippen LogP contribution < -0.4 is 0 Å². The van der Waals surface area contributed by atoms with Crippen molar-refractivity contribution in [3.05, 3.63) is 28.3 Å². The molecule has 1 rings (SSSR count). The summed E-state index contributed by atoms with van der Waals surface area (Å²) in [6.07, 6.45) is -4.73. The number of alkyl halides is 3. The van der Waals surface area contributed by atoms with Crippen molar-refractivity contribution in [1.29, 1.82) is 0 Å². The van der Waals surface area contributed by atoms with Gasteiger partial charge >= 0.3 is 12.1 Å². The first-order valence-corrected chi connectivity index (χ1v) is 4.33. The minimum Gasteiger partial charge on any atom is -0.506 e. The van der Waals surface area contributed by atoms with Crippen LogP contribution in [-0.4, -0.2) is 18.2 Å². The lowest BCUT2D eigenvalue weighted by atomic mass is 10.1. The van der Waals surface area contributed by atoms with Crippen molar-refractivity contribution < 1.29 is 27.8 Å². The number of benzene rings is 1. The average Bonchev–Trinajstić information content (AvgIpc) is 2.19. The van der Waals surface area contributed by atoms with E-state index in [0.29, 0.717) is 6.07 Å². The van der Waals surface area contributed by atoms with Gasteiger partial charge in [-0.25, -0.2) is 4.79 Å². The highest BCUT2D eigenvalue weighted by Gasteiger charge is 2.35. The molecule has 0 aliphatic rings. The first-order valence-electron chi connectivity index (χ1n) is 3.96. The van der Waals surface area contributed by atoms with Gasteiger partial charge in [0.05, 0.1) is 23.3 Å². The Balaban J connectivity index is 3.35. The van der Waals surface area contributed by atoms with Crippen molar-refractivity contribution in [3.63, 3.8) is 0 Å². The lowest BCUT2D eigenvalue weighted by molar-refractivity contribution is -0.138. The van der Waals surface area contributed by atoms with Gasteiger partial charge in [-0.1, -0.05) is 11.6 Å². The highest BCUT2D eigenvalue weighted by molar-refractivity contribution is 6.35. The molecule has 0 atom stereocenters. The average molecular weight is 255 g/mol. The van der Waals surface area contributed by atoms with Crippen LogP contribution in [0, 0.1) is 0 Å². The summed E-state index contributed by atoms with van der Waals surface area (Å²) in [5, 5.41) is 8.52. The molecule has 0 fully saturated rings. The standard InChI is InChI=1S/C9H6ClF3O3/c1-16-8(15)4-2-3-5(9(11,12)13)7(14)6(4)10/h2-3,14H,1H3. The van der Waals surface area contributed by atoms with Crippen LogP contribution in [0.15, 0.2) is 12.1 Å². The predicted molar refractivity (Wildman–Crippen MR) is 49.5 cm³/mol. The second-order valence-corrected chi connectivity index (χ2v) is 3.19. The number of methoxy groups -OCH3 is 1. The summed E-state index contributed by atoms with van der Waals surface area (Å²) in [7, 11) is 1.05. The SMILES string of the molecule is COC(=O)c1ccc(C(F)(F)F)c(O)c1Cl. The van der Waals surface area contributed by atoms with Crippen LogP contribution in [0.3, 0.4) is 0 Å². The summed E-state index contributed by atoms with van der Waals surface area (Å²) in [5.74, 6) is -2.11. The molecule has 7 heteroatoms. The van der Waals surface area contributed by atoms with Gasteiger partial charge in [-0.15, -0.1) is 0 Å². The molecule has 0 heterocycles. The Labute approximate surface area is 93.4 Å². The molecular formula is C9H6ClF3O3. The van der Waals surface area contributed by atoms with Crippen LogP contribution in [-0.2, 0) is 10.9 Å². The normalized spacial score (nSPS) is 11.3. The molecule has 0 aromatic heterocycles. The Morgan fingerprint density at radius 3 is 2.44 bits per heavy atom. The summed E-state index contributed by atoms with van der Waals surface area (Å²) in [5.41, 5.74) is -1.63. The number of phenolic OH excluding ortho intramolecular Hbond substituents is 1. The molecule has 0 saturated heterocycles. The highest BCUT2D eigenvalue weighted by Crippen LogP contribution is 2.40. The van der Waals surface area contributed by atoms with Gasteiger partial charge < -0.3 is 9.84 Å². The minimum atomic E-state index is -4.73.